The summed E-state index contributed by atoms with van der Waals surface area (Å²) >= 11 is 1.54. The van der Waals surface area contributed by atoms with Crippen molar-refractivity contribution >= 4 is 23.2 Å². The standard InChI is InChI=1S/C21H25N5O2S/c1-3-12-22-18(27)15-25(13-4-2)21(28)19-23-20(17-11-8-14-29-17)26(24-19)16-9-6-5-7-10-16/h5-11,14H,3-4,12-13,15H2,1-2H3,(H,22,27). The van der Waals surface area contributed by atoms with Gasteiger partial charge in [0, 0.05) is 13.1 Å². The summed E-state index contributed by atoms with van der Waals surface area (Å²) in [6.07, 6.45) is 1.59. The van der Waals surface area contributed by atoms with Crippen molar-refractivity contribution in [1.29, 1.82) is 0 Å². The molecule has 29 heavy (non-hydrogen) atoms. The van der Waals surface area contributed by atoms with Gasteiger partial charge in [-0.1, -0.05) is 38.1 Å². The summed E-state index contributed by atoms with van der Waals surface area (Å²) in [5.74, 6) is 0.191. The van der Waals surface area contributed by atoms with Gasteiger partial charge < -0.3 is 10.2 Å². The van der Waals surface area contributed by atoms with Crippen LogP contribution in [0.15, 0.2) is 47.8 Å². The number of hydrogen-bond donors (Lipinski definition) is 1. The molecule has 1 N–H and O–H groups in total. The first-order valence-corrected chi connectivity index (χ1v) is 10.6. The maximum Gasteiger partial charge on any atom is 0.294 e. The van der Waals surface area contributed by atoms with E-state index >= 15 is 0 Å². The van der Waals surface area contributed by atoms with Crippen molar-refractivity contribution in [3.05, 3.63) is 53.7 Å². The molecule has 3 aromatic rings. The molecule has 3 rings (SSSR count). The fourth-order valence-electron chi connectivity index (χ4n) is 2.87. The van der Waals surface area contributed by atoms with E-state index < -0.39 is 0 Å². The number of aromatic nitrogens is 3. The van der Waals surface area contributed by atoms with Gasteiger partial charge in [0.2, 0.25) is 11.7 Å². The molecule has 8 heteroatoms. The second-order valence-corrected chi connectivity index (χ2v) is 7.51. The number of hydrogen-bond acceptors (Lipinski definition) is 5. The molecule has 1 aromatic carbocycles. The van der Waals surface area contributed by atoms with Gasteiger partial charge in [-0.3, -0.25) is 9.59 Å². The average Bonchev–Trinajstić information content (AvgIpc) is 3.41. The molecule has 2 heterocycles. The second kappa shape index (κ2) is 9.97. The number of para-hydroxylation sites is 1. The number of nitrogens with one attached hydrogen (secondary N) is 1. The van der Waals surface area contributed by atoms with Crippen LogP contribution in [0.5, 0.6) is 0 Å². The molecule has 0 unspecified atom stereocenters. The number of rotatable bonds is 9. The predicted octanol–water partition coefficient (Wildman–Crippen LogP) is 3.37. The second-order valence-electron chi connectivity index (χ2n) is 6.56. The van der Waals surface area contributed by atoms with Crippen LogP contribution < -0.4 is 5.32 Å². The largest absolute Gasteiger partial charge is 0.355 e. The topological polar surface area (TPSA) is 80.1 Å². The quantitative estimate of drug-likeness (QED) is 0.585. The minimum Gasteiger partial charge on any atom is -0.355 e. The van der Waals surface area contributed by atoms with Crippen molar-refractivity contribution in [3.8, 4) is 16.4 Å². The van der Waals surface area contributed by atoms with E-state index in [1.165, 1.54) is 16.2 Å². The molecule has 0 saturated heterocycles. The molecule has 0 aliphatic rings. The van der Waals surface area contributed by atoms with Crippen molar-refractivity contribution in [3.63, 3.8) is 0 Å². The maximum absolute atomic E-state index is 13.1. The smallest absolute Gasteiger partial charge is 0.294 e. The first-order valence-electron chi connectivity index (χ1n) is 9.76. The zero-order valence-corrected chi connectivity index (χ0v) is 17.5. The summed E-state index contributed by atoms with van der Waals surface area (Å²) in [7, 11) is 0. The molecular weight excluding hydrogens is 386 g/mol. The Kier molecular flexibility index (Phi) is 7.13. The molecule has 7 nitrogen and oxygen atoms in total. The monoisotopic (exact) mass is 411 g/mol. The SMILES string of the molecule is CCCNC(=O)CN(CCC)C(=O)c1nc(-c2cccs2)n(-c2ccccc2)n1. The lowest BCUT2D eigenvalue weighted by molar-refractivity contribution is -0.121. The van der Waals surface area contributed by atoms with Gasteiger partial charge in [0.15, 0.2) is 5.82 Å². The lowest BCUT2D eigenvalue weighted by Gasteiger charge is -2.19. The molecule has 0 saturated carbocycles. The van der Waals surface area contributed by atoms with Gasteiger partial charge in [-0.15, -0.1) is 16.4 Å². The van der Waals surface area contributed by atoms with Crippen molar-refractivity contribution in [2.45, 2.75) is 26.7 Å². The Morgan fingerprint density at radius 3 is 2.55 bits per heavy atom. The molecule has 0 bridgehead atoms. The number of amides is 2. The number of thiophene rings is 1. The van der Waals surface area contributed by atoms with Gasteiger partial charge in [-0.2, -0.15) is 0 Å². The van der Waals surface area contributed by atoms with Crippen LogP contribution in [0.4, 0.5) is 0 Å². The summed E-state index contributed by atoms with van der Waals surface area (Å²) < 4.78 is 1.68. The summed E-state index contributed by atoms with van der Waals surface area (Å²) in [6, 6.07) is 13.5. The Morgan fingerprint density at radius 1 is 1.10 bits per heavy atom. The number of carbonyl (C=O) groups is 2. The van der Waals surface area contributed by atoms with E-state index in [1.807, 2.05) is 61.7 Å². The zero-order valence-electron chi connectivity index (χ0n) is 16.7. The Morgan fingerprint density at radius 2 is 1.90 bits per heavy atom. The van der Waals surface area contributed by atoms with E-state index in [2.05, 4.69) is 15.4 Å². The van der Waals surface area contributed by atoms with Crippen LogP contribution in [-0.4, -0.2) is 51.1 Å². The Labute approximate surface area is 174 Å². The van der Waals surface area contributed by atoms with Crippen molar-refractivity contribution < 1.29 is 9.59 Å². The highest BCUT2D eigenvalue weighted by atomic mass is 32.1. The van der Waals surface area contributed by atoms with Crippen molar-refractivity contribution in [2.24, 2.45) is 0 Å². The highest BCUT2D eigenvalue weighted by Crippen LogP contribution is 2.25. The van der Waals surface area contributed by atoms with Gasteiger partial charge in [-0.25, -0.2) is 9.67 Å². The summed E-state index contributed by atoms with van der Waals surface area (Å²) in [5.41, 5.74) is 0.824. The lowest BCUT2D eigenvalue weighted by atomic mass is 10.3. The number of nitrogens with zero attached hydrogens (tertiary/aromatic N) is 4. The minimum atomic E-state index is -0.342. The van der Waals surface area contributed by atoms with E-state index in [9.17, 15) is 9.59 Å². The molecule has 2 amide bonds. The van der Waals surface area contributed by atoms with Gasteiger partial charge in [0.1, 0.15) is 0 Å². The van der Waals surface area contributed by atoms with Crippen LogP contribution in [0.25, 0.3) is 16.4 Å². The highest BCUT2D eigenvalue weighted by molar-refractivity contribution is 7.13. The fraction of sp³-hybridized carbons (Fsp3) is 0.333. The minimum absolute atomic E-state index is 0.000879. The van der Waals surface area contributed by atoms with Crippen LogP contribution >= 0.6 is 11.3 Å². The third-order valence-electron chi connectivity index (χ3n) is 4.23. The first-order chi connectivity index (χ1) is 14.1. The fourth-order valence-corrected chi connectivity index (χ4v) is 3.57. The Hall–Kier alpha value is -3.00. The molecule has 152 valence electrons. The summed E-state index contributed by atoms with van der Waals surface area (Å²) in [6.45, 7) is 5.02. The van der Waals surface area contributed by atoms with Crippen LogP contribution in [0, 0.1) is 0 Å². The van der Waals surface area contributed by atoms with Crippen LogP contribution in [0.2, 0.25) is 0 Å². The molecule has 2 aromatic heterocycles. The lowest BCUT2D eigenvalue weighted by Crippen LogP contribution is -2.41. The summed E-state index contributed by atoms with van der Waals surface area (Å²) in [4.78, 5) is 32.2. The van der Waals surface area contributed by atoms with Crippen LogP contribution in [0.3, 0.4) is 0 Å². The summed E-state index contributed by atoms with van der Waals surface area (Å²) in [5, 5.41) is 9.27. The van der Waals surface area contributed by atoms with Gasteiger partial charge in [0.25, 0.3) is 5.91 Å². The molecule has 0 aliphatic carbocycles. The molecule has 0 spiro atoms. The average molecular weight is 412 g/mol. The number of benzene rings is 1. The first kappa shape index (κ1) is 20.7. The van der Waals surface area contributed by atoms with E-state index in [1.54, 1.807) is 4.68 Å². The third-order valence-corrected chi connectivity index (χ3v) is 5.09. The van der Waals surface area contributed by atoms with Crippen molar-refractivity contribution in [2.75, 3.05) is 19.6 Å². The third kappa shape index (κ3) is 5.08. The maximum atomic E-state index is 13.1. The predicted molar refractivity (Wildman–Crippen MR) is 114 cm³/mol. The van der Waals surface area contributed by atoms with Crippen molar-refractivity contribution in [1.82, 2.24) is 25.0 Å². The van der Waals surface area contributed by atoms with Gasteiger partial charge in [-0.05, 0) is 36.4 Å². The molecular formula is C21H25N5O2S. The molecule has 0 aliphatic heterocycles. The van der Waals surface area contributed by atoms with E-state index in [0.29, 0.717) is 18.9 Å². The highest BCUT2D eigenvalue weighted by Gasteiger charge is 2.25. The molecule has 0 radical (unpaired) electrons. The molecule has 0 atom stereocenters. The van der Waals surface area contributed by atoms with Gasteiger partial charge >= 0.3 is 0 Å². The zero-order chi connectivity index (χ0) is 20.6. The van der Waals surface area contributed by atoms with Crippen LogP contribution in [-0.2, 0) is 4.79 Å². The van der Waals surface area contributed by atoms with E-state index in [0.717, 1.165) is 23.4 Å². The van der Waals surface area contributed by atoms with E-state index in [-0.39, 0.29) is 24.2 Å². The van der Waals surface area contributed by atoms with Crippen LogP contribution in [0.1, 0.15) is 37.3 Å². The van der Waals surface area contributed by atoms with Gasteiger partial charge in [0.05, 0.1) is 17.1 Å². The Bertz CT molecular complexity index is 937. The number of carbonyl (C=O) groups excluding carboxylic acids is 2. The normalized spacial score (nSPS) is 10.7. The molecule has 0 fully saturated rings. The Balaban J connectivity index is 1.92. The van der Waals surface area contributed by atoms with E-state index in [4.69, 9.17) is 0 Å².